The molecule has 0 spiro atoms. The summed E-state index contributed by atoms with van der Waals surface area (Å²) in [4.78, 5) is 25.8. The largest absolute Gasteiger partial charge is 0.436 e. The van der Waals surface area contributed by atoms with Gasteiger partial charge in [-0.05, 0) is 36.4 Å². The molecule has 0 bridgehead atoms. The smallest absolute Gasteiger partial charge is 0.260 e. The Bertz CT molecular complexity index is 1320. The van der Waals surface area contributed by atoms with Crippen LogP contribution in [0.4, 0.5) is 27.5 Å². The SMILES string of the molecule is O=Nc1ccc(/C=C/c2nc(Nc3cccnc3)c3cc(N4CCOCC4)c(F)cc3n2)o1. The van der Waals surface area contributed by atoms with Crippen LogP contribution in [0, 0.1) is 10.7 Å². The maximum atomic E-state index is 15.0. The van der Waals surface area contributed by atoms with E-state index in [0.717, 1.165) is 5.69 Å². The molecule has 33 heavy (non-hydrogen) atoms. The minimum absolute atomic E-state index is 0.0225. The topological polar surface area (TPSA) is 106 Å². The van der Waals surface area contributed by atoms with Gasteiger partial charge in [0, 0.05) is 42.0 Å². The minimum Gasteiger partial charge on any atom is -0.436 e. The molecule has 1 fully saturated rings. The van der Waals surface area contributed by atoms with Crippen molar-refractivity contribution in [1.29, 1.82) is 0 Å². The Morgan fingerprint density at radius 3 is 2.76 bits per heavy atom. The highest BCUT2D eigenvalue weighted by molar-refractivity contribution is 5.94. The number of hydrogen-bond donors (Lipinski definition) is 1. The van der Waals surface area contributed by atoms with Crippen LogP contribution in [0.5, 0.6) is 0 Å². The van der Waals surface area contributed by atoms with Gasteiger partial charge in [-0.1, -0.05) is 0 Å². The van der Waals surface area contributed by atoms with Crippen LogP contribution < -0.4 is 10.2 Å². The van der Waals surface area contributed by atoms with E-state index in [4.69, 9.17) is 9.15 Å². The Morgan fingerprint density at radius 1 is 1.12 bits per heavy atom. The van der Waals surface area contributed by atoms with Crippen molar-refractivity contribution in [2.75, 3.05) is 36.5 Å². The van der Waals surface area contributed by atoms with Gasteiger partial charge < -0.3 is 19.4 Å². The zero-order chi connectivity index (χ0) is 22.6. The van der Waals surface area contributed by atoms with Crippen LogP contribution in [0.1, 0.15) is 11.6 Å². The van der Waals surface area contributed by atoms with E-state index < -0.39 is 0 Å². The van der Waals surface area contributed by atoms with Gasteiger partial charge in [-0.2, -0.15) is 0 Å². The fourth-order valence-corrected chi connectivity index (χ4v) is 3.58. The molecular weight excluding hydrogens is 427 g/mol. The molecule has 9 nitrogen and oxygen atoms in total. The van der Waals surface area contributed by atoms with Crippen LogP contribution in [0.2, 0.25) is 0 Å². The number of rotatable bonds is 6. The van der Waals surface area contributed by atoms with E-state index >= 15 is 4.39 Å². The molecular formula is C23H19FN6O3. The Balaban J connectivity index is 1.58. The quantitative estimate of drug-likeness (QED) is 0.417. The van der Waals surface area contributed by atoms with E-state index in [0.29, 0.717) is 60.3 Å². The lowest BCUT2D eigenvalue weighted by molar-refractivity contribution is 0.122. The summed E-state index contributed by atoms with van der Waals surface area (Å²) in [5.74, 6) is 0.883. The predicted molar refractivity (Wildman–Crippen MR) is 123 cm³/mol. The van der Waals surface area contributed by atoms with Gasteiger partial charge in [-0.15, -0.1) is 4.91 Å². The highest BCUT2D eigenvalue weighted by Crippen LogP contribution is 2.31. The number of nitrogens with one attached hydrogen (secondary N) is 1. The average molecular weight is 446 g/mol. The number of ether oxygens (including phenoxy) is 1. The van der Waals surface area contributed by atoms with Crippen molar-refractivity contribution < 1.29 is 13.5 Å². The van der Waals surface area contributed by atoms with E-state index in [9.17, 15) is 4.91 Å². The molecule has 3 aromatic heterocycles. The zero-order valence-corrected chi connectivity index (χ0v) is 17.4. The molecule has 4 aromatic rings. The Kier molecular flexibility index (Phi) is 5.73. The first-order valence-electron chi connectivity index (χ1n) is 10.3. The summed E-state index contributed by atoms with van der Waals surface area (Å²) in [5.41, 5.74) is 1.66. The Labute approximate surface area is 187 Å². The van der Waals surface area contributed by atoms with Crippen LogP contribution in [0.3, 0.4) is 0 Å². The van der Waals surface area contributed by atoms with Crippen LogP contribution >= 0.6 is 0 Å². The summed E-state index contributed by atoms with van der Waals surface area (Å²) in [6.45, 7) is 2.31. The third-order valence-corrected chi connectivity index (χ3v) is 5.16. The van der Waals surface area contributed by atoms with Gasteiger partial charge in [0.1, 0.15) is 17.4 Å². The monoisotopic (exact) mass is 446 g/mol. The number of benzene rings is 1. The molecule has 1 aliphatic rings. The number of hydrogen-bond acceptors (Lipinski definition) is 9. The molecule has 0 unspecified atom stereocenters. The number of fused-ring (bicyclic) bond motifs is 1. The van der Waals surface area contributed by atoms with E-state index in [1.54, 1.807) is 42.7 Å². The van der Waals surface area contributed by atoms with Crippen molar-refractivity contribution in [3.05, 3.63) is 71.1 Å². The number of halogens is 1. The second kappa shape index (κ2) is 9.13. The highest BCUT2D eigenvalue weighted by atomic mass is 19.1. The second-order valence-corrected chi connectivity index (χ2v) is 7.32. The molecule has 1 N–H and O–H groups in total. The molecule has 1 aliphatic heterocycles. The average Bonchev–Trinajstić information content (AvgIpc) is 3.32. The van der Waals surface area contributed by atoms with Crippen molar-refractivity contribution in [2.45, 2.75) is 0 Å². The normalized spacial score (nSPS) is 14.2. The van der Waals surface area contributed by atoms with E-state index in [1.807, 2.05) is 11.0 Å². The number of aromatic nitrogens is 3. The fraction of sp³-hybridized carbons (Fsp3) is 0.174. The van der Waals surface area contributed by atoms with Crippen LogP contribution in [-0.2, 0) is 4.74 Å². The number of morpholine rings is 1. The number of pyridine rings is 1. The van der Waals surface area contributed by atoms with Gasteiger partial charge in [-0.3, -0.25) is 4.98 Å². The molecule has 0 aliphatic carbocycles. The summed E-state index contributed by atoms with van der Waals surface area (Å²) in [7, 11) is 0. The molecule has 0 radical (unpaired) electrons. The Hall–Kier alpha value is -4.18. The number of nitrogens with zero attached hydrogens (tertiary/aromatic N) is 5. The first-order chi connectivity index (χ1) is 16.2. The number of nitroso groups, excluding NO2 is 1. The van der Waals surface area contributed by atoms with Crippen LogP contribution in [0.15, 0.2) is 58.4 Å². The molecule has 166 valence electrons. The van der Waals surface area contributed by atoms with Crippen molar-refractivity contribution in [1.82, 2.24) is 15.0 Å². The van der Waals surface area contributed by atoms with Gasteiger partial charge in [0.05, 0.1) is 36.3 Å². The van der Waals surface area contributed by atoms with Gasteiger partial charge in [0.25, 0.3) is 5.88 Å². The van der Waals surface area contributed by atoms with Crippen molar-refractivity contribution >= 4 is 46.1 Å². The standard InChI is InChI=1S/C23H19FN6O3/c24-18-13-19-17(12-20(18)30-8-10-32-11-9-30)23(26-15-2-1-7-25-14-15)28-21(27-19)5-3-16-4-6-22(29-31)33-16/h1-7,12-14H,8-11H2,(H,26,27,28)/b5-3+. The summed E-state index contributed by atoms with van der Waals surface area (Å²) < 4.78 is 25.7. The molecule has 1 aromatic carbocycles. The number of furan rings is 1. The van der Waals surface area contributed by atoms with E-state index in [2.05, 4.69) is 25.4 Å². The van der Waals surface area contributed by atoms with E-state index in [1.165, 1.54) is 12.1 Å². The highest BCUT2D eigenvalue weighted by Gasteiger charge is 2.18. The maximum Gasteiger partial charge on any atom is 0.260 e. The van der Waals surface area contributed by atoms with Gasteiger partial charge >= 0.3 is 0 Å². The van der Waals surface area contributed by atoms with Crippen LogP contribution in [0.25, 0.3) is 23.1 Å². The Morgan fingerprint density at radius 2 is 2.00 bits per heavy atom. The first-order valence-corrected chi connectivity index (χ1v) is 10.3. The minimum atomic E-state index is -0.363. The van der Waals surface area contributed by atoms with Gasteiger partial charge in [0.15, 0.2) is 5.82 Å². The first kappa shape index (κ1) is 20.7. The number of anilines is 3. The van der Waals surface area contributed by atoms with Crippen LogP contribution in [-0.4, -0.2) is 41.3 Å². The van der Waals surface area contributed by atoms with Crippen molar-refractivity contribution in [3.8, 4) is 0 Å². The molecule has 0 atom stereocenters. The second-order valence-electron chi connectivity index (χ2n) is 7.32. The molecule has 0 amide bonds. The molecule has 5 rings (SSSR count). The summed E-state index contributed by atoms with van der Waals surface area (Å²) in [6, 6.07) is 9.91. The summed E-state index contributed by atoms with van der Waals surface area (Å²) >= 11 is 0. The predicted octanol–water partition coefficient (Wildman–Crippen LogP) is 4.91. The molecule has 4 heterocycles. The van der Waals surface area contributed by atoms with E-state index in [-0.39, 0.29) is 11.7 Å². The zero-order valence-electron chi connectivity index (χ0n) is 17.4. The van der Waals surface area contributed by atoms with Crippen molar-refractivity contribution in [2.24, 2.45) is 5.18 Å². The third-order valence-electron chi connectivity index (χ3n) is 5.16. The lowest BCUT2D eigenvalue weighted by Gasteiger charge is -2.29. The summed E-state index contributed by atoms with van der Waals surface area (Å²) in [5, 5.41) is 6.68. The fourth-order valence-electron chi connectivity index (χ4n) is 3.58. The molecule has 1 saturated heterocycles. The third kappa shape index (κ3) is 4.55. The molecule has 10 heteroatoms. The van der Waals surface area contributed by atoms with Gasteiger partial charge in [-0.25, -0.2) is 14.4 Å². The van der Waals surface area contributed by atoms with Crippen molar-refractivity contribution in [3.63, 3.8) is 0 Å². The summed E-state index contributed by atoms with van der Waals surface area (Å²) in [6.07, 6.45) is 6.58. The maximum absolute atomic E-state index is 15.0. The lowest BCUT2D eigenvalue weighted by Crippen LogP contribution is -2.36. The lowest BCUT2D eigenvalue weighted by atomic mass is 10.1. The van der Waals surface area contributed by atoms with Gasteiger partial charge in [0.2, 0.25) is 0 Å². The molecule has 0 saturated carbocycles.